The van der Waals surface area contributed by atoms with Crippen molar-refractivity contribution in [3.8, 4) is 0 Å². The zero-order valence-electron chi connectivity index (χ0n) is 12.9. The molecule has 1 aliphatic heterocycles. The third-order valence-electron chi connectivity index (χ3n) is 3.29. The maximum Gasteiger partial charge on any atom is 0.491 e. The Bertz CT molecular complexity index is 867. The Morgan fingerprint density at radius 2 is 2.00 bits per heavy atom. The number of nitrogens with zero attached hydrogens (tertiary/aromatic N) is 1. The fourth-order valence-corrected chi connectivity index (χ4v) is 2.76. The molecular weight excluding hydrogens is 408 g/mol. The molecule has 1 unspecified atom stereocenters. The second kappa shape index (κ2) is 7.53. The lowest BCUT2D eigenvalue weighted by Gasteiger charge is -2.24. The maximum atomic E-state index is 12.0. The van der Waals surface area contributed by atoms with Gasteiger partial charge in [0.2, 0.25) is 0 Å². The minimum absolute atomic E-state index is 0.676. The second-order valence-corrected chi connectivity index (χ2v) is 6.52. The normalized spacial score (nSPS) is 27.9. The van der Waals surface area contributed by atoms with Crippen LogP contribution in [0.2, 0.25) is 0 Å². The predicted molar refractivity (Wildman–Crippen MR) is 73.0 cm³/mol. The quantitative estimate of drug-likeness (QED) is 0.441. The van der Waals surface area contributed by atoms with Gasteiger partial charge in [-0.1, -0.05) is 0 Å². The number of aromatic amines is 1. The van der Waals surface area contributed by atoms with E-state index in [4.69, 9.17) is 4.74 Å². The third-order valence-corrected chi connectivity index (χ3v) is 4.14. The van der Waals surface area contributed by atoms with Crippen LogP contribution in [0.15, 0.2) is 21.9 Å². The standard InChI is InChI=1S/C11H12F3N2O10P/c12-11(13,14)9(20)26-27(22,23)24-3-4-6(18)7(19)8(25-4)16-2-1-5(17)15-10(16)21/h1-2,4,6-8,18-19H,3H2,(H,22,23)(H,15,17,21)/p-1/t4-,6-,7-,8-/m1/s1. The Hall–Kier alpha value is -2.03. The van der Waals surface area contributed by atoms with E-state index < -0.39 is 62.4 Å². The van der Waals surface area contributed by atoms with Crippen LogP contribution in [0.4, 0.5) is 13.2 Å². The average Bonchev–Trinajstić information content (AvgIpc) is 2.80. The van der Waals surface area contributed by atoms with Gasteiger partial charge in [0, 0.05) is 12.3 Å². The molecule has 152 valence electrons. The first-order valence-electron chi connectivity index (χ1n) is 6.91. The van der Waals surface area contributed by atoms with E-state index in [1.54, 1.807) is 0 Å². The van der Waals surface area contributed by atoms with Gasteiger partial charge in [0.25, 0.3) is 5.56 Å². The molecule has 27 heavy (non-hydrogen) atoms. The number of ether oxygens (including phenoxy) is 1. The second-order valence-electron chi connectivity index (χ2n) is 5.18. The smallest absolute Gasteiger partial charge is 0.491 e. The Balaban J connectivity index is 2.06. The number of rotatable bonds is 5. The number of H-pyrrole nitrogens is 1. The number of carbonyl (C=O) groups excluding carboxylic acids is 1. The summed E-state index contributed by atoms with van der Waals surface area (Å²) in [4.78, 5) is 46.3. The van der Waals surface area contributed by atoms with Crippen molar-refractivity contribution in [3.05, 3.63) is 33.1 Å². The summed E-state index contributed by atoms with van der Waals surface area (Å²) >= 11 is 0. The first-order valence-corrected chi connectivity index (χ1v) is 8.37. The monoisotopic (exact) mass is 419 g/mol. The molecular formula is C11H11F3N2O10P-. The molecule has 12 nitrogen and oxygen atoms in total. The molecule has 0 bridgehead atoms. The number of halogens is 3. The van der Waals surface area contributed by atoms with Crippen molar-refractivity contribution >= 4 is 13.8 Å². The predicted octanol–water partition coefficient (Wildman–Crippen LogP) is -2.25. The summed E-state index contributed by atoms with van der Waals surface area (Å²) in [7, 11) is -5.76. The van der Waals surface area contributed by atoms with Crippen molar-refractivity contribution in [1.82, 2.24) is 9.55 Å². The highest BCUT2D eigenvalue weighted by Gasteiger charge is 2.46. The van der Waals surface area contributed by atoms with E-state index in [1.165, 1.54) is 0 Å². The van der Waals surface area contributed by atoms with Crippen molar-refractivity contribution in [2.75, 3.05) is 6.61 Å². The number of aliphatic hydroxyl groups excluding tert-OH is 2. The van der Waals surface area contributed by atoms with Gasteiger partial charge in [-0.05, 0) is 0 Å². The number of phosphoric ester groups is 1. The molecule has 1 saturated heterocycles. The molecule has 2 heterocycles. The first-order chi connectivity index (χ1) is 12.3. The lowest BCUT2D eigenvalue weighted by atomic mass is 10.1. The summed E-state index contributed by atoms with van der Waals surface area (Å²) in [6, 6.07) is 0.899. The number of alkyl halides is 3. The Kier molecular flexibility index (Phi) is 5.94. The molecule has 0 radical (unpaired) electrons. The van der Waals surface area contributed by atoms with Crippen LogP contribution >= 0.6 is 7.82 Å². The van der Waals surface area contributed by atoms with Gasteiger partial charge >= 0.3 is 25.7 Å². The van der Waals surface area contributed by atoms with Crippen molar-refractivity contribution in [3.63, 3.8) is 0 Å². The van der Waals surface area contributed by atoms with Gasteiger partial charge in [-0.25, -0.2) is 9.59 Å². The molecule has 1 fully saturated rings. The summed E-state index contributed by atoms with van der Waals surface area (Å²) in [5, 5.41) is 19.7. The summed E-state index contributed by atoms with van der Waals surface area (Å²) in [6.07, 6.45) is -11.5. The number of hydrogen-bond donors (Lipinski definition) is 3. The number of aliphatic hydroxyl groups is 2. The average molecular weight is 419 g/mol. The van der Waals surface area contributed by atoms with Crippen LogP contribution in [0.3, 0.4) is 0 Å². The molecule has 0 spiro atoms. The van der Waals surface area contributed by atoms with Crippen molar-refractivity contribution in [2.24, 2.45) is 0 Å². The fourth-order valence-electron chi connectivity index (χ4n) is 2.07. The highest BCUT2D eigenvalue weighted by Crippen LogP contribution is 2.42. The molecule has 0 saturated carbocycles. The number of hydrogen-bond acceptors (Lipinski definition) is 10. The van der Waals surface area contributed by atoms with Gasteiger partial charge in [0.15, 0.2) is 6.23 Å². The van der Waals surface area contributed by atoms with Gasteiger partial charge in [-0.3, -0.25) is 18.9 Å². The number of phosphoric acid groups is 1. The number of nitrogens with one attached hydrogen (secondary N) is 1. The minimum atomic E-state index is -5.76. The van der Waals surface area contributed by atoms with E-state index >= 15 is 0 Å². The van der Waals surface area contributed by atoms with E-state index in [0.29, 0.717) is 4.57 Å². The highest BCUT2D eigenvalue weighted by molar-refractivity contribution is 7.46. The SMILES string of the molecule is O=C(OP(=O)([O-])OC[C@H]1O[C@@H](n2ccc(=O)[nH]c2=O)[C@H](O)[C@@H]1O)C(F)(F)F. The van der Waals surface area contributed by atoms with Crippen LogP contribution in [-0.2, 0) is 23.1 Å². The van der Waals surface area contributed by atoms with E-state index in [-0.39, 0.29) is 0 Å². The maximum absolute atomic E-state index is 12.0. The molecule has 0 aromatic carbocycles. The zero-order valence-corrected chi connectivity index (χ0v) is 13.8. The summed E-state index contributed by atoms with van der Waals surface area (Å²) in [6.45, 7) is -1.14. The van der Waals surface area contributed by atoms with Gasteiger partial charge in [0.05, 0.1) is 6.61 Å². The van der Waals surface area contributed by atoms with Crippen LogP contribution in [0.25, 0.3) is 0 Å². The molecule has 1 aromatic rings. The van der Waals surface area contributed by atoms with Crippen LogP contribution in [0.1, 0.15) is 6.23 Å². The van der Waals surface area contributed by atoms with Crippen molar-refractivity contribution in [2.45, 2.75) is 30.7 Å². The van der Waals surface area contributed by atoms with Gasteiger partial charge < -0.3 is 28.9 Å². The van der Waals surface area contributed by atoms with Crippen LogP contribution in [0, 0.1) is 0 Å². The molecule has 5 atom stereocenters. The van der Waals surface area contributed by atoms with E-state index in [9.17, 15) is 47.2 Å². The first kappa shape index (κ1) is 21.3. The molecule has 2 rings (SSSR count). The molecule has 3 N–H and O–H groups in total. The van der Waals surface area contributed by atoms with Gasteiger partial charge in [0.1, 0.15) is 18.3 Å². The lowest BCUT2D eigenvalue weighted by Crippen LogP contribution is -2.37. The van der Waals surface area contributed by atoms with Gasteiger partial charge in [-0.15, -0.1) is 0 Å². The summed E-state index contributed by atoms with van der Waals surface area (Å²) in [5.41, 5.74) is -1.78. The Morgan fingerprint density at radius 1 is 1.37 bits per heavy atom. The highest BCUT2D eigenvalue weighted by atomic mass is 31.2. The molecule has 1 aromatic heterocycles. The molecule has 1 aliphatic rings. The number of aromatic nitrogens is 2. The van der Waals surface area contributed by atoms with E-state index in [0.717, 1.165) is 12.3 Å². The molecule has 0 aliphatic carbocycles. The lowest BCUT2D eigenvalue weighted by molar-refractivity contribution is -0.238. The summed E-state index contributed by atoms with van der Waals surface area (Å²) in [5.74, 6) is -3.04. The molecule has 16 heteroatoms. The third kappa shape index (κ3) is 5.03. The minimum Gasteiger partial charge on any atom is -0.746 e. The van der Waals surface area contributed by atoms with Crippen LogP contribution < -0.4 is 16.1 Å². The van der Waals surface area contributed by atoms with Crippen molar-refractivity contribution < 1.29 is 51.4 Å². The van der Waals surface area contributed by atoms with E-state index in [1.807, 2.05) is 4.98 Å². The van der Waals surface area contributed by atoms with Crippen LogP contribution in [0.5, 0.6) is 0 Å². The molecule has 0 amide bonds. The van der Waals surface area contributed by atoms with Crippen molar-refractivity contribution in [1.29, 1.82) is 0 Å². The topological polar surface area (TPSA) is 180 Å². The largest absolute Gasteiger partial charge is 0.746 e. The Morgan fingerprint density at radius 3 is 2.56 bits per heavy atom. The van der Waals surface area contributed by atoms with Crippen LogP contribution in [-0.4, -0.2) is 56.8 Å². The zero-order chi connectivity index (χ0) is 20.6. The number of carbonyl (C=O) groups is 1. The van der Waals surface area contributed by atoms with Gasteiger partial charge in [-0.2, -0.15) is 13.2 Å². The fraction of sp³-hybridized carbons (Fsp3) is 0.545. The summed E-state index contributed by atoms with van der Waals surface area (Å²) < 4.78 is 60.2. The Labute approximate surface area is 146 Å². The van der Waals surface area contributed by atoms with E-state index in [2.05, 4.69) is 9.05 Å².